The smallest absolute Gasteiger partial charge is 0.124 e. The van der Waals surface area contributed by atoms with Gasteiger partial charge in [0.1, 0.15) is 5.82 Å². The number of benzene rings is 2. The molecular formula is C21H25N3. The Balaban J connectivity index is 1.75. The summed E-state index contributed by atoms with van der Waals surface area (Å²) >= 11 is 0. The minimum Gasteiger partial charge on any atom is -0.320 e. The summed E-state index contributed by atoms with van der Waals surface area (Å²) in [6.45, 7) is 5.63. The zero-order valence-electron chi connectivity index (χ0n) is 14.4. The minimum absolute atomic E-state index is 0.290. The van der Waals surface area contributed by atoms with Crippen molar-refractivity contribution in [2.24, 2.45) is 0 Å². The maximum absolute atomic E-state index is 4.97. The molecule has 0 unspecified atom stereocenters. The van der Waals surface area contributed by atoms with E-state index in [1.807, 2.05) is 0 Å². The Morgan fingerprint density at radius 2 is 1.62 bits per heavy atom. The van der Waals surface area contributed by atoms with Crippen LogP contribution in [-0.4, -0.2) is 27.5 Å². The van der Waals surface area contributed by atoms with E-state index >= 15 is 0 Å². The van der Waals surface area contributed by atoms with Crippen LogP contribution in [0.5, 0.6) is 0 Å². The van der Waals surface area contributed by atoms with E-state index < -0.39 is 0 Å². The maximum atomic E-state index is 4.97. The standard InChI is InChI=1S/C21H25N3/c1-17(18-10-4-2-5-11-18)24-20-13-7-6-12-19(20)22-21(24)16-23-14-8-3-9-15-23/h2,4-7,10-13,17H,3,8-9,14-16H2,1H3/t17-/m0/s1. The van der Waals surface area contributed by atoms with Gasteiger partial charge in [0.15, 0.2) is 0 Å². The fourth-order valence-electron chi connectivity index (χ4n) is 3.84. The molecule has 3 nitrogen and oxygen atoms in total. The quantitative estimate of drug-likeness (QED) is 0.699. The molecule has 3 heteroatoms. The van der Waals surface area contributed by atoms with Crippen molar-refractivity contribution < 1.29 is 0 Å². The predicted octanol–water partition coefficient (Wildman–Crippen LogP) is 4.63. The summed E-state index contributed by atoms with van der Waals surface area (Å²) in [5, 5.41) is 0. The molecule has 0 radical (unpaired) electrons. The SMILES string of the molecule is C[C@@H](c1ccccc1)n1c(CN2CCCCC2)nc2ccccc21. The summed E-state index contributed by atoms with van der Waals surface area (Å²) in [6, 6.07) is 19.6. The molecule has 3 aromatic rings. The van der Waals surface area contributed by atoms with Gasteiger partial charge in [-0.2, -0.15) is 0 Å². The lowest BCUT2D eigenvalue weighted by molar-refractivity contribution is 0.213. The second-order valence-electron chi connectivity index (χ2n) is 6.81. The first kappa shape index (κ1) is 15.4. The first-order valence-corrected chi connectivity index (χ1v) is 9.06. The molecule has 0 N–H and O–H groups in total. The van der Waals surface area contributed by atoms with Gasteiger partial charge in [-0.15, -0.1) is 0 Å². The van der Waals surface area contributed by atoms with Crippen molar-refractivity contribution in [1.29, 1.82) is 0 Å². The number of fused-ring (bicyclic) bond motifs is 1. The molecule has 0 spiro atoms. The summed E-state index contributed by atoms with van der Waals surface area (Å²) < 4.78 is 2.43. The average Bonchev–Trinajstić information content (AvgIpc) is 3.00. The highest BCUT2D eigenvalue weighted by atomic mass is 15.2. The molecule has 0 amide bonds. The molecule has 1 aliphatic heterocycles. The van der Waals surface area contributed by atoms with Gasteiger partial charge in [-0.3, -0.25) is 4.90 Å². The number of aromatic nitrogens is 2. The van der Waals surface area contributed by atoms with Crippen LogP contribution in [0.1, 0.15) is 43.6 Å². The Bertz CT molecular complexity index is 800. The second-order valence-corrected chi connectivity index (χ2v) is 6.81. The number of likely N-dealkylation sites (tertiary alicyclic amines) is 1. The Kier molecular flexibility index (Phi) is 4.35. The van der Waals surface area contributed by atoms with Gasteiger partial charge in [-0.05, 0) is 50.6 Å². The highest BCUT2D eigenvalue weighted by molar-refractivity contribution is 5.76. The van der Waals surface area contributed by atoms with Crippen LogP contribution < -0.4 is 0 Å². The van der Waals surface area contributed by atoms with E-state index in [0.29, 0.717) is 6.04 Å². The normalized spacial score (nSPS) is 17.2. The number of rotatable bonds is 4. The third-order valence-corrected chi connectivity index (χ3v) is 5.15. The summed E-state index contributed by atoms with van der Waals surface area (Å²) in [5.74, 6) is 1.19. The molecular weight excluding hydrogens is 294 g/mol. The van der Waals surface area contributed by atoms with Crippen LogP contribution in [0.25, 0.3) is 11.0 Å². The van der Waals surface area contributed by atoms with Crippen molar-refractivity contribution in [2.75, 3.05) is 13.1 Å². The summed E-state index contributed by atoms with van der Waals surface area (Å²) in [6.07, 6.45) is 4.00. The molecule has 2 heterocycles. The number of hydrogen-bond donors (Lipinski definition) is 0. The molecule has 2 aromatic carbocycles. The Morgan fingerprint density at radius 3 is 2.42 bits per heavy atom. The van der Waals surface area contributed by atoms with Crippen LogP contribution in [0.4, 0.5) is 0 Å². The maximum Gasteiger partial charge on any atom is 0.124 e. The van der Waals surface area contributed by atoms with Crippen molar-refractivity contribution >= 4 is 11.0 Å². The minimum atomic E-state index is 0.290. The van der Waals surface area contributed by atoms with Crippen molar-refractivity contribution in [3.63, 3.8) is 0 Å². The van der Waals surface area contributed by atoms with Crippen molar-refractivity contribution in [3.05, 3.63) is 66.0 Å². The van der Waals surface area contributed by atoms with Gasteiger partial charge >= 0.3 is 0 Å². The van der Waals surface area contributed by atoms with Crippen LogP contribution in [0.15, 0.2) is 54.6 Å². The topological polar surface area (TPSA) is 21.1 Å². The van der Waals surface area contributed by atoms with Gasteiger partial charge in [0.2, 0.25) is 0 Å². The van der Waals surface area contributed by atoms with Crippen LogP contribution in [0, 0.1) is 0 Å². The molecule has 124 valence electrons. The largest absolute Gasteiger partial charge is 0.320 e. The van der Waals surface area contributed by atoms with Crippen molar-refractivity contribution in [3.8, 4) is 0 Å². The highest BCUT2D eigenvalue weighted by Crippen LogP contribution is 2.27. The number of para-hydroxylation sites is 2. The van der Waals surface area contributed by atoms with Crippen molar-refractivity contribution in [2.45, 2.75) is 38.8 Å². The fourth-order valence-corrected chi connectivity index (χ4v) is 3.84. The molecule has 1 fully saturated rings. The molecule has 0 bridgehead atoms. The first-order chi connectivity index (χ1) is 11.8. The van der Waals surface area contributed by atoms with Gasteiger partial charge in [0, 0.05) is 0 Å². The zero-order valence-corrected chi connectivity index (χ0v) is 14.4. The third kappa shape index (κ3) is 2.96. The average molecular weight is 319 g/mol. The Hall–Kier alpha value is -2.13. The second kappa shape index (κ2) is 6.78. The first-order valence-electron chi connectivity index (χ1n) is 9.06. The summed E-state index contributed by atoms with van der Waals surface area (Å²) in [5.41, 5.74) is 3.67. The van der Waals surface area contributed by atoms with E-state index in [-0.39, 0.29) is 0 Å². The monoisotopic (exact) mass is 319 g/mol. The fraction of sp³-hybridized carbons (Fsp3) is 0.381. The van der Waals surface area contributed by atoms with Crippen LogP contribution in [0.3, 0.4) is 0 Å². The van der Waals surface area contributed by atoms with Gasteiger partial charge in [-0.25, -0.2) is 4.98 Å². The molecule has 1 atom stereocenters. The highest BCUT2D eigenvalue weighted by Gasteiger charge is 2.20. The van der Waals surface area contributed by atoms with E-state index in [9.17, 15) is 0 Å². The van der Waals surface area contributed by atoms with E-state index in [1.165, 1.54) is 49.3 Å². The lowest BCUT2D eigenvalue weighted by atomic mass is 10.1. The van der Waals surface area contributed by atoms with Gasteiger partial charge < -0.3 is 4.57 Å². The zero-order chi connectivity index (χ0) is 16.4. The van der Waals surface area contributed by atoms with Crippen molar-refractivity contribution in [1.82, 2.24) is 14.5 Å². The molecule has 4 rings (SSSR count). The summed E-state index contributed by atoms with van der Waals surface area (Å²) in [7, 11) is 0. The van der Waals surface area contributed by atoms with Gasteiger partial charge in [0.25, 0.3) is 0 Å². The molecule has 1 saturated heterocycles. The molecule has 1 aromatic heterocycles. The van der Waals surface area contributed by atoms with Gasteiger partial charge in [0.05, 0.1) is 23.6 Å². The van der Waals surface area contributed by atoms with Crippen LogP contribution in [-0.2, 0) is 6.54 Å². The van der Waals surface area contributed by atoms with E-state index in [4.69, 9.17) is 4.98 Å². The third-order valence-electron chi connectivity index (χ3n) is 5.15. The molecule has 0 aliphatic carbocycles. The van der Waals surface area contributed by atoms with E-state index in [0.717, 1.165) is 12.1 Å². The lowest BCUT2D eigenvalue weighted by Gasteiger charge is -2.27. The lowest BCUT2D eigenvalue weighted by Crippen LogP contribution is -2.30. The Labute approximate surface area is 143 Å². The number of imidazole rings is 1. The predicted molar refractivity (Wildman–Crippen MR) is 99.1 cm³/mol. The summed E-state index contributed by atoms with van der Waals surface area (Å²) in [4.78, 5) is 7.53. The molecule has 0 saturated carbocycles. The number of hydrogen-bond acceptors (Lipinski definition) is 2. The van der Waals surface area contributed by atoms with Gasteiger partial charge in [-0.1, -0.05) is 48.9 Å². The van der Waals surface area contributed by atoms with Crippen LogP contribution >= 0.6 is 0 Å². The van der Waals surface area contributed by atoms with E-state index in [1.54, 1.807) is 0 Å². The number of nitrogens with zero attached hydrogens (tertiary/aromatic N) is 3. The van der Waals surface area contributed by atoms with E-state index in [2.05, 4.69) is 71.0 Å². The Morgan fingerprint density at radius 1 is 0.917 bits per heavy atom. The van der Waals surface area contributed by atoms with Crippen LogP contribution in [0.2, 0.25) is 0 Å². The number of piperidine rings is 1. The molecule has 24 heavy (non-hydrogen) atoms. The molecule has 1 aliphatic rings.